The summed E-state index contributed by atoms with van der Waals surface area (Å²) in [6, 6.07) is 9.81. The number of carbonyl (C=O) groups is 1. The molecule has 1 fully saturated rings. The van der Waals surface area contributed by atoms with Crippen molar-refractivity contribution in [1.82, 2.24) is 9.97 Å². The molecule has 0 radical (unpaired) electrons. The number of rotatable bonds is 12. The van der Waals surface area contributed by atoms with Gasteiger partial charge in [-0.15, -0.1) is 23.7 Å². The lowest BCUT2D eigenvalue weighted by Crippen LogP contribution is -2.36. The molecule has 0 aliphatic carbocycles. The second-order valence-electron chi connectivity index (χ2n) is 9.23. The largest absolute Gasteiger partial charge is 0.481 e. The van der Waals surface area contributed by atoms with Gasteiger partial charge in [0.1, 0.15) is 5.82 Å². The molecule has 2 aliphatic heterocycles. The van der Waals surface area contributed by atoms with Gasteiger partial charge in [-0.1, -0.05) is 6.07 Å². The third-order valence-corrected chi connectivity index (χ3v) is 7.54. The van der Waals surface area contributed by atoms with Gasteiger partial charge in [0.25, 0.3) is 0 Å². The van der Waals surface area contributed by atoms with Gasteiger partial charge in [-0.2, -0.15) is 0 Å². The van der Waals surface area contributed by atoms with E-state index in [0.29, 0.717) is 17.9 Å². The highest BCUT2D eigenvalue weighted by Gasteiger charge is 2.22. The van der Waals surface area contributed by atoms with Crippen molar-refractivity contribution in [3.63, 3.8) is 0 Å². The molecule has 0 bridgehead atoms. The molecule has 2 aliphatic rings. The molecular formula is C27H33ClN4O5S. The molecule has 2 aromatic heterocycles. The van der Waals surface area contributed by atoms with Gasteiger partial charge in [0.15, 0.2) is 11.5 Å². The van der Waals surface area contributed by atoms with E-state index < -0.39 is 5.97 Å². The van der Waals surface area contributed by atoms with Gasteiger partial charge >= 0.3 is 5.97 Å². The molecular weight excluding hydrogens is 528 g/mol. The third-order valence-electron chi connectivity index (χ3n) is 6.59. The molecule has 1 unspecified atom stereocenters. The molecule has 0 amide bonds. The first kappa shape index (κ1) is 27.9. The molecule has 2 N–H and O–H groups in total. The Morgan fingerprint density at radius 1 is 1.13 bits per heavy atom. The van der Waals surface area contributed by atoms with E-state index in [1.807, 2.05) is 30.5 Å². The van der Waals surface area contributed by atoms with Crippen molar-refractivity contribution in [3.8, 4) is 11.5 Å². The Balaban J connectivity index is 0.00000336. The van der Waals surface area contributed by atoms with Crippen LogP contribution in [0.1, 0.15) is 41.4 Å². The normalized spacial score (nSPS) is 15.1. The summed E-state index contributed by atoms with van der Waals surface area (Å²) in [6.07, 6.45) is 5.40. The second kappa shape index (κ2) is 13.6. The summed E-state index contributed by atoms with van der Waals surface area (Å²) in [7, 11) is 0. The lowest BCUT2D eigenvalue weighted by Gasteiger charge is -2.29. The predicted octanol–water partition coefficient (Wildman–Crippen LogP) is 4.76. The number of pyridine rings is 1. The van der Waals surface area contributed by atoms with E-state index >= 15 is 0 Å². The fourth-order valence-corrected chi connectivity index (χ4v) is 5.50. The fraction of sp³-hybridized carbons (Fsp3) is 0.444. The number of ether oxygens (including phenoxy) is 3. The number of carboxylic acid groups (broad SMARTS) is 1. The van der Waals surface area contributed by atoms with Gasteiger partial charge in [0.05, 0.1) is 30.3 Å². The van der Waals surface area contributed by atoms with Gasteiger partial charge in [-0.3, -0.25) is 4.79 Å². The summed E-state index contributed by atoms with van der Waals surface area (Å²) in [5, 5.41) is 16.0. The van der Waals surface area contributed by atoms with Crippen molar-refractivity contribution in [2.75, 3.05) is 49.9 Å². The summed E-state index contributed by atoms with van der Waals surface area (Å²) < 4.78 is 16.3. The zero-order chi connectivity index (χ0) is 25.5. The fourth-order valence-electron chi connectivity index (χ4n) is 4.65. The second-order valence-corrected chi connectivity index (χ2v) is 10.2. The quantitative estimate of drug-likeness (QED) is 0.303. The van der Waals surface area contributed by atoms with Crippen LogP contribution in [0.5, 0.6) is 11.5 Å². The van der Waals surface area contributed by atoms with Gasteiger partial charge < -0.3 is 29.5 Å². The van der Waals surface area contributed by atoms with Crippen LogP contribution in [0.15, 0.2) is 41.9 Å². The zero-order valence-electron chi connectivity index (χ0n) is 21.1. The highest BCUT2D eigenvalue weighted by molar-refractivity contribution is 7.09. The summed E-state index contributed by atoms with van der Waals surface area (Å²) in [4.78, 5) is 23.1. The van der Waals surface area contributed by atoms with Crippen LogP contribution in [0, 0.1) is 0 Å². The Bertz CT molecular complexity index is 1200. The van der Waals surface area contributed by atoms with E-state index in [4.69, 9.17) is 19.2 Å². The Morgan fingerprint density at radius 2 is 1.97 bits per heavy atom. The number of benzene rings is 1. The Labute approximate surface area is 232 Å². The van der Waals surface area contributed by atoms with Crippen LogP contribution < -0.4 is 19.7 Å². The standard InChI is InChI=1S/C27H32N4O5S.ClH/c32-27(33)15-20(19-4-5-23-24(14-19)36-18-35-23)13-21-17-37-26(30-21)3-1-2-7-28-25-16-22(6-8-29-25)31-9-11-34-12-10-31;/h4-6,8,14,16-17,20H,1-3,7,9-13,15,18H2,(H,28,29)(H,32,33);1H. The van der Waals surface area contributed by atoms with Gasteiger partial charge in [0, 0.05) is 48.9 Å². The van der Waals surface area contributed by atoms with E-state index in [1.165, 1.54) is 5.69 Å². The average Bonchev–Trinajstić information content (AvgIpc) is 3.57. The van der Waals surface area contributed by atoms with Crippen LogP contribution in [0.3, 0.4) is 0 Å². The first-order valence-corrected chi connectivity index (χ1v) is 13.6. The minimum Gasteiger partial charge on any atom is -0.481 e. The van der Waals surface area contributed by atoms with Crippen molar-refractivity contribution in [3.05, 3.63) is 58.2 Å². The molecule has 204 valence electrons. The molecule has 4 heterocycles. The molecule has 5 rings (SSSR count). The predicted molar refractivity (Wildman–Crippen MR) is 149 cm³/mol. The number of anilines is 2. The Morgan fingerprint density at radius 3 is 2.82 bits per heavy atom. The van der Waals surface area contributed by atoms with Gasteiger partial charge in [-0.25, -0.2) is 9.97 Å². The summed E-state index contributed by atoms with van der Waals surface area (Å²) >= 11 is 1.65. The SMILES string of the molecule is Cl.O=C(O)CC(Cc1csc(CCCCNc2cc(N3CCOCC3)ccn2)n1)c1ccc2c(c1)OCO2. The van der Waals surface area contributed by atoms with Crippen molar-refractivity contribution >= 4 is 41.2 Å². The molecule has 0 spiro atoms. The van der Waals surface area contributed by atoms with Crippen molar-refractivity contribution in [2.45, 2.75) is 38.0 Å². The molecule has 1 aromatic carbocycles. The molecule has 3 aromatic rings. The number of fused-ring (bicyclic) bond motifs is 1. The molecule has 9 nitrogen and oxygen atoms in total. The number of unbranched alkanes of at least 4 members (excludes halogenated alkanes) is 1. The Kier molecular flexibility index (Phi) is 10.0. The number of nitrogens with zero attached hydrogens (tertiary/aromatic N) is 3. The summed E-state index contributed by atoms with van der Waals surface area (Å²) in [5.74, 6) is 1.27. The van der Waals surface area contributed by atoms with Crippen molar-refractivity contribution in [1.29, 1.82) is 0 Å². The number of aliphatic carboxylic acids is 1. The number of hydrogen-bond acceptors (Lipinski definition) is 9. The van der Waals surface area contributed by atoms with E-state index in [0.717, 1.165) is 74.2 Å². The third kappa shape index (κ3) is 7.49. The maximum atomic E-state index is 11.5. The minimum absolute atomic E-state index is 0. The van der Waals surface area contributed by atoms with Crippen molar-refractivity contribution < 1.29 is 24.1 Å². The van der Waals surface area contributed by atoms with Crippen LogP contribution >= 0.6 is 23.7 Å². The molecule has 1 atom stereocenters. The van der Waals surface area contributed by atoms with E-state index in [9.17, 15) is 9.90 Å². The van der Waals surface area contributed by atoms with Gasteiger partial charge in [-0.05, 0) is 49.4 Å². The van der Waals surface area contributed by atoms with E-state index in [1.54, 1.807) is 11.3 Å². The number of morpholine rings is 1. The number of nitrogens with one attached hydrogen (secondary N) is 1. The molecule has 1 saturated heterocycles. The van der Waals surface area contributed by atoms with E-state index in [-0.39, 0.29) is 31.5 Å². The average molecular weight is 561 g/mol. The van der Waals surface area contributed by atoms with Crippen molar-refractivity contribution in [2.24, 2.45) is 0 Å². The molecule has 38 heavy (non-hydrogen) atoms. The number of thiazole rings is 1. The number of hydrogen-bond donors (Lipinski definition) is 2. The van der Waals surface area contributed by atoms with Gasteiger partial charge in [0.2, 0.25) is 6.79 Å². The smallest absolute Gasteiger partial charge is 0.303 e. The van der Waals surface area contributed by atoms with Crippen LogP contribution in [-0.4, -0.2) is 60.7 Å². The maximum Gasteiger partial charge on any atom is 0.303 e. The zero-order valence-corrected chi connectivity index (χ0v) is 22.8. The topological polar surface area (TPSA) is 106 Å². The molecule has 0 saturated carbocycles. The highest BCUT2D eigenvalue weighted by atomic mass is 35.5. The highest BCUT2D eigenvalue weighted by Crippen LogP contribution is 2.36. The summed E-state index contributed by atoms with van der Waals surface area (Å²) in [6.45, 7) is 4.40. The lowest BCUT2D eigenvalue weighted by atomic mass is 9.91. The van der Waals surface area contributed by atoms with Crippen LogP contribution in [0.2, 0.25) is 0 Å². The maximum absolute atomic E-state index is 11.5. The van der Waals surface area contributed by atoms with E-state index in [2.05, 4.69) is 26.6 Å². The monoisotopic (exact) mass is 560 g/mol. The lowest BCUT2D eigenvalue weighted by molar-refractivity contribution is -0.137. The van der Waals surface area contributed by atoms with Crippen LogP contribution in [0.4, 0.5) is 11.5 Å². The number of aryl methyl sites for hydroxylation is 1. The van der Waals surface area contributed by atoms with Crippen LogP contribution in [-0.2, 0) is 22.4 Å². The summed E-state index contributed by atoms with van der Waals surface area (Å²) in [5.41, 5.74) is 3.04. The Hall–Kier alpha value is -3.08. The first-order chi connectivity index (χ1) is 18.1. The van der Waals surface area contributed by atoms with Crippen LogP contribution in [0.25, 0.3) is 0 Å². The minimum atomic E-state index is -0.824. The first-order valence-electron chi connectivity index (χ1n) is 12.7. The number of aromatic nitrogens is 2. The molecule has 11 heteroatoms. The number of carboxylic acids is 1. The number of halogens is 1.